The molecule has 1 atom stereocenters. The molecule has 0 amide bonds. The molecule has 0 bridgehead atoms. The number of aryl methyl sites for hydroxylation is 1. The summed E-state index contributed by atoms with van der Waals surface area (Å²) in [7, 11) is 0. The molecule has 106 valence electrons. The number of halogens is 1. The Labute approximate surface area is 125 Å². The van der Waals surface area contributed by atoms with Gasteiger partial charge in [0, 0.05) is 10.4 Å². The van der Waals surface area contributed by atoms with E-state index < -0.39 is 0 Å². The number of hydrogen-bond acceptors (Lipinski definition) is 1. The molecular formula is C17H25BrO. The topological polar surface area (TPSA) is 9.23 Å². The van der Waals surface area contributed by atoms with Crippen molar-refractivity contribution in [2.24, 2.45) is 5.41 Å². The zero-order valence-corrected chi connectivity index (χ0v) is 13.9. The van der Waals surface area contributed by atoms with Crippen LogP contribution in [0.2, 0.25) is 0 Å². The second-order valence-corrected chi connectivity index (χ2v) is 6.97. The van der Waals surface area contributed by atoms with Crippen LogP contribution < -0.4 is 4.74 Å². The number of benzene rings is 1. The van der Waals surface area contributed by atoms with Gasteiger partial charge in [0.15, 0.2) is 0 Å². The Balaban J connectivity index is 2.30. The third kappa shape index (κ3) is 3.34. The predicted octanol–water partition coefficient (Wildman–Crippen LogP) is 5.80. The second kappa shape index (κ2) is 6.30. The van der Waals surface area contributed by atoms with Crippen molar-refractivity contribution in [1.29, 1.82) is 0 Å². The minimum Gasteiger partial charge on any atom is -0.494 e. The quantitative estimate of drug-likeness (QED) is 0.636. The van der Waals surface area contributed by atoms with E-state index in [9.17, 15) is 0 Å². The Hall–Kier alpha value is -0.500. The van der Waals surface area contributed by atoms with E-state index in [2.05, 4.69) is 54.9 Å². The third-order valence-electron chi connectivity index (χ3n) is 4.35. The molecule has 0 N–H and O–H groups in total. The van der Waals surface area contributed by atoms with Gasteiger partial charge in [0.2, 0.25) is 0 Å². The first-order chi connectivity index (χ1) is 9.07. The highest BCUT2D eigenvalue weighted by Crippen LogP contribution is 2.52. The molecule has 1 aromatic rings. The van der Waals surface area contributed by atoms with Crippen LogP contribution in [-0.2, 0) is 0 Å². The number of alkyl halides is 1. The van der Waals surface area contributed by atoms with Gasteiger partial charge in [-0.25, -0.2) is 0 Å². The molecule has 19 heavy (non-hydrogen) atoms. The molecule has 0 radical (unpaired) electrons. The summed E-state index contributed by atoms with van der Waals surface area (Å²) in [6.45, 7) is 7.35. The summed E-state index contributed by atoms with van der Waals surface area (Å²) in [6, 6.07) is 6.54. The second-order valence-electron chi connectivity index (χ2n) is 6.05. The van der Waals surface area contributed by atoms with E-state index in [0.29, 0.717) is 10.2 Å². The first kappa shape index (κ1) is 14.9. The van der Waals surface area contributed by atoms with Crippen molar-refractivity contribution < 1.29 is 4.74 Å². The summed E-state index contributed by atoms with van der Waals surface area (Å²) in [5.41, 5.74) is 2.99. The summed E-state index contributed by atoms with van der Waals surface area (Å²) in [5.74, 6) is 1.04. The molecule has 1 unspecified atom stereocenters. The lowest BCUT2D eigenvalue weighted by Crippen LogP contribution is -2.25. The van der Waals surface area contributed by atoms with Gasteiger partial charge in [-0.05, 0) is 38.2 Å². The van der Waals surface area contributed by atoms with E-state index in [1.54, 1.807) is 0 Å². The van der Waals surface area contributed by atoms with Gasteiger partial charge in [0.05, 0.1) is 6.61 Å². The normalized spacial score (nSPS) is 20.0. The molecule has 0 spiro atoms. The maximum atomic E-state index is 5.82. The molecule has 1 fully saturated rings. The Bertz CT molecular complexity index is 421. The SMILES string of the molecule is CCOc1ccc(C)cc1C(Br)C1(C)CCCCC1. The van der Waals surface area contributed by atoms with Crippen molar-refractivity contribution >= 4 is 15.9 Å². The van der Waals surface area contributed by atoms with E-state index >= 15 is 0 Å². The van der Waals surface area contributed by atoms with Gasteiger partial charge in [0.25, 0.3) is 0 Å². The largest absolute Gasteiger partial charge is 0.494 e. The number of ether oxygens (including phenoxy) is 1. The van der Waals surface area contributed by atoms with E-state index in [0.717, 1.165) is 12.4 Å². The Morgan fingerprint density at radius 2 is 1.95 bits per heavy atom. The van der Waals surface area contributed by atoms with Crippen LogP contribution in [0.25, 0.3) is 0 Å². The maximum absolute atomic E-state index is 5.82. The molecule has 0 aromatic heterocycles. The fraction of sp³-hybridized carbons (Fsp3) is 0.647. The van der Waals surface area contributed by atoms with Gasteiger partial charge in [-0.15, -0.1) is 0 Å². The molecule has 1 aliphatic carbocycles. The van der Waals surface area contributed by atoms with Crippen LogP contribution in [0.3, 0.4) is 0 Å². The average molecular weight is 325 g/mol. The summed E-state index contributed by atoms with van der Waals surface area (Å²) in [4.78, 5) is 0.391. The van der Waals surface area contributed by atoms with Gasteiger partial charge in [0.1, 0.15) is 5.75 Å². The van der Waals surface area contributed by atoms with Crippen molar-refractivity contribution in [3.8, 4) is 5.75 Å². The molecule has 2 heteroatoms. The Morgan fingerprint density at radius 1 is 1.26 bits per heavy atom. The highest BCUT2D eigenvalue weighted by Gasteiger charge is 2.36. The first-order valence-electron chi connectivity index (χ1n) is 7.44. The van der Waals surface area contributed by atoms with Crippen LogP contribution in [0.5, 0.6) is 5.75 Å². The highest BCUT2D eigenvalue weighted by atomic mass is 79.9. The van der Waals surface area contributed by atoms with E-state index in [-0.39, 0.29) is 0 Å². The third-order valence-corrected chi connectivity index (χ3v) is 5.94. The average Bonchev–Trinajstić information content (AvgIpc) is 2.41. The van der Waals surface area contributed by atoms with Crippen molar-refractivity contribution in [3.63, 3.8) is 0 Å². The fourth-order valence-corrected chi connectivity index (χ4v) is 3.96. The summed E-state index contributed by atoms with van der Waals surface area (Å²) in [5, 5.41) is 0. The minimum absolute atomic E-state index is 0.359. The van der Waals surface area contributed by atoms with E-state index in [1.165, 1.54) is 43.2 Å². The first-order valence-corrected chi connectivity index (χ1v) is 8.36. The zero-order chi connectivity index (χ0) is 13.9. The van der Waals surface area contributed by atoms with Gasteiger partial charge in [-0.1, -0.05) is 59.8 Å². The fourth-order valence-electron chi connectivity index (χ4n) is 3.14. The van der Waals surface area contributed by atoms with Crippen LogP contribution in [0.4, 0.5) is 0 Å². The lowest BCUT2D eigenvalue weighted by Gasteiger charge is -2.38. The minimum atomic E-state index is 0.359. The van der Waals surface area contributed by atoms with Gasteiger partial charge < -0.3 is 4.74 Å². The molecule has 0 heterocycles. The smallest absolute Gasteiger partial charge is 0.123 e. The van der Waals surface area contributed by atoms with Crippen molar-refractivity contribution in [2.45, 2.75) is 57.7 Å². The number of rotatable bonds is 4. The Morgan fingerprint density at radius 3 is 2.58 bits per heavy atom. The standard InChI is InChI=1S/C17H25BrO/c1-4-19-15-9-8-13(2)12-14(15)16(18)17(3)10-6-5-7-11-17/h8-9,12,16H,4-7,10-11H2,1-3H3. The molecule has 0 saturated heterocycles. The van der Waals surface area contributed by atoms with Crippen LogP contribution in [-0.4, -0.2) is 6.61 Å². The van der Waals surface area contributed by atoms with Crippen molar-refractivity contribution in [2.75, 3.05) is 6.61 Å². The molecular weight excluding hydrogens is 300 g/mol. The predicted molar refractivity (Wildman–Crippen MR) is 85.2 cm³/mol. The summed E-state index contributed by atoms with van der Waals surface area (Å²) in [6.07, 6.45) is 6.72. The maximum Gasteiger partial charge on any atom is 0.123 e. The number of hydrogen-bond donors (Lipinski definition) is 0. The summed E-state index contributed by atoms with van der Waals surface area (Å²) >= 11 is 3.98. The zero-order valence-electron chi connectivity index (χ0n) is 12.3. The highest BCUT2D eigenvalue weighted by molar-refractivity contribution is 9.09. The van der Waals surface area contributed by atoms with Crippen LogP contribution in [0, 0.1) is 12.3 Å². The summed E-state index contributed by atoms with van der Waals surface area (Å²) < 4.78 is 5.82. The lowest BCUT2D eigenvalue weighted by atomic mass is 9.71. The van der Waals surface area contributed by atoms with E-state index in [1.807, 2.05) is 0 Å². The van der Waals surface area contributed by atoms with E-state index in [4.69, 9.17) is 4.74 Å². The van der Waals surface area contributed by atoms with Crippen LogP contribution in [0.1, 0.15) is 61.9 Å². The Kier molecular flexibility index (Phi) is 4.94. The molecule has 1 nitrogen and oxygen atoms in total. The molecule has 1 aliphatic rings. The van der Waals surface area contributed by atoms with Gasteiger partial charge >= 0.3 is 0 Å². The van der Waals surface area contributed by atoms with Crippen LogP contribution in [0.15, 0.2) is 18.2 Å². The van der Waals surface area contributed by atoms with Crippen molar-refractivity contribution in [1.82, 2.24) is 0 Å². The van der Waals surface area contributed by atoms with Crippen LogP contribution >= 0.6 is 15.9 Å². The lowest BCUT2D eigenvalue weighted by molar-refractivity contribution is 0.209. The monoisotopic (exact) mass is 324 g/mol. The molecule has 1 aromatic carbocycles. The molecule has 2 rings (SSSR count). The molecule has 0 aliphatic heterocycles. The van der Waals surface area contributed by atoms with Crippen molar-refractivity contribution in [3.05, 3.63) is 29.3 Å². The molecule has 1 saturated carbocycles. The van der Waals surface area contributed by atoms with Gasteiger partial charge in [-0.3, -0.25) is 0 Å². The van der Waals surface area contributed by atoms with Gasteiger partial charge in [-0.2, -0.15) is 0 Å².